The van der Waals surface area contributed by atoms with Crippen molar-refractivity contribution in [3.63, 3.8) is 0 Å². The highest BCUT2D eigenvalue weighted by atomic mass is 32.2. The first-order chi connectivity index (χ1) is 10.2. The van der Waals surface area contributed by atoms with Crippen molar-refractivity contribution < 1.29 is 36.2 Å². The first-order valence-electron chi connectivity index (χ1n) is 6.17. The minimum Gasteiger partial charge on any atom is -0.481 e. The molecule has 22 heavy (non-hydrogen) atoms. The molecule has 0 unspecified atom stereocenters. The third-order valence-corrected chi connectivity index (χ3v) is 4.63. The number of halogens is 3. The Morgan fingerprint density at radius 1 is 1.45 bits per heavy atom. The molecule has 1 saturated carbocycles. The molecule has 1 aliphatic rings. The molecule has 10 heteroatoms. The van der Waals surface area contributed by atoms with Crippen LogP contribution in [-0.4, -0.2) is 32.6 Å². The number of ether oxygens (including phenoxy) is 1. The summed E-state index contributed by atoms with van der Waals surface area (Å²) in [5.74, 6) is -3.91. The molecule has 122 valence electrons. The zero-order valence-electron chi connectivity index (χ0n) is 11.0. The molecule has 0 saturated heterocycles. The molecule has 0 aromatic heterocycles. The first-order valence-corrected chi connectivity index (χ1v) is 7.66. The molecule has 1 aromatic carbocycles. The predicted octanol–water partition coefficient (Wildman–Crippen LogP) is 1.43. The van der Waals surface area contributed by atoms with Gasteiger partial charge in [-0.05, 0) is 24.5 Å². The van der Waals surface area contributed by atoms with Crippen LogP contribution in [-0.2, 0) is 14.8 Å². The highest BCUT2D eigenvalue weighted by molar-refractivity contribution is 7.89. The van der Waals surface area contributed by atoms with Crippen LogP contribution in [0, 0.1) is 17.7 Å². The third-order valence-electron chi connectivity index (χ3n) is 3.20. The van der Waals surface area contributed by atoms with Gasteiger partial charge in [-0.3, -0.25) is 4.79 Å². The van der Waals surface area contributed by atoms with Gasteiger partial charge in [-0.25, -0.2) is 17.5 Å². The van der Waals surface area contributed by atoms with Crippen LogP contribution >= 0.6 is 0 Å². The minimum absolute atomic E-state index is 0.0955. The van der Waals surface area contributed by atoms with Crippen molar-refractivity contribution in [2.75, 3.05) is 6.54 Å². The Morgan fingerprint density at radius 3 is 2.68 bits per heavy atom. The van der Waals surface area contributed by atoms with Crippen molar-refractivity contribution in [3.8, 4) is 5.75 Å². The molecule has 1 fully saturated rings. The third kappa shape index (κ3) is 3.89. The van der Waals surface area contributed by atoms with E-state index < -0.39 is 45.0 Å². The normalized spacial score (nSPS) is 20.9. The Morgan fingerprint density at radius 2 is 2.14 bits per heavy atom. The van der Waals surface area contributed by atoms with Gasteiger partial charge < -0.3 is 9.84 Å². The zero-order valence-corrected chi connectivity index (χ0v) is 11.8. The molecule has 0 aliphatic heterocycles. The van der Waals surface area contributed by atoms with Crippen molar-refractivity contribution in [2.24, 2.45) is 11.8 Å². The average Bonchev–Trinajstić information content (AvgIpc) is 3.18. The number of alkyl halides is 2. The molecule has 0 heterocycles. The second-order valence-electron chi connectivity index (χ2n) is 4.76. The van der Waals surface area contributed by atoms with E-state index in [9.17, 15) is 26.4 Å². The first kappa shape index (κ1) is 16.6. The number of rotatable bonds is 7. The van der Waals surface area contributed by atoms with Gasteiger partial charge in [0.05, 0.1) is 10.8 Å². The average molecular weight is 339 g/mol. The summed E-state index contributed by atoms with van der Waals surface area (Å²) in [5, 5.41) is 8.71. The van der Waals surface area contributed by atoms with E-state index >= 15 is 0 Å². The van der Waals surface area contributed by atoms with Crippen LogP contribution in [0.15, 0.2) is 23.1 Å². The fourth-order valence-electron chi connectivity index (χ4n) is 1.91. The van der Waals surface area contributed by atoms with Gasteiger partial charge in [-0.15, -0.1) is 0 Å². The van der Waals surface area contributed by atoms with E-state index in [2.05, 4.69) is 9.46 Å². The quantitative estimate of drug-likeness (QED) is 0.784. The van der Waals surface area contributed by atoms with Gasteiger partial charge in [-0.2, -0.15) is 8.78 Å². The molecular formula is C12H12F3NO5S. The standard InChI is InChI=1S/C12H12F3NO5S/c13-9-2-1-7(4-10(9)21-12(14)15)22(19,20)16-5-6-3-8(6)11(17)18/h1-2,4,6,8,12,16H,3,5H2,(H,17,18)/t6-,8-/m1/s1. The number of hydrogen-bond donors (Lipinski definition) is 2. The lowest BCUT2D eigenvalue weighted by atomic mass is 10.3. The Balaban J connectivity index is 2.07. The van der Waals surface area contributed by atoms with Crippen LogP contribution in [0.1, 0.15) is 6.42 Å². The molecule has 1 aliphatic carbocycles. The smallest absolute Gasteiger partial charge is 0.387 e. The fourth-order valence-corrected chi connectivity index (χ4v) is 3.02. The summed E-state index contributed by atoms with van der Waals surface area (Å²) in [6, 6.07) is 2.24. The lowest BCUT2D eigenvalue weighted by Gasteiger charge is -2.09. The number of sulfonamides is 1. The maximum absolute atomic E-state index is 13.2. The van der Waals surface area contributed by atoms with E-state index in [0.717, 1.165) is 6.07 Å². The summed E-state index contributed by atoms with van der Waals surface area (Å²) in [4.78, 5) is 10.2. The van der Waals surface area contributed by atoms with E-state index in [1.54, 1.807) is 0 Å². The molecule has 1 aromatic rings. The van der Waals surface area contributed by atoms with Crippen LogP contribution in [0.5, 0.6) is 5.75 Å². The number of benzene rings is 1. The Bertz CT molecular complexity index is 679. The molecule has 0 radical (unpaired) electrons. The van der Waals surface area contributed by atoms with Crippen molar-refractivity contribution in [1.82, 2.24) is 4.72 Å². The van der Waals surface area contributed by atoms with E-state index in [4.69, 9.17) is 5.11 Å². The molecule has 2 atom stereocenters. The van der Waals surface area contributed by atoms with Crippen LogP contribution in [0.25, 0.3) is 0 Å². The van der Waals surface area contributed by atoms with Gasteiger partial charge in [0.1, 0.15) is 0 Å². The number of carbonyl (C=O) groups is 1. The highest BCUT2D eigenvalue weighted by Crippen LogP contribution is 2.38. The van der Waals surface area contributed by atoms with Crippen molar-refractivity contribution in [3.05, 3.63) is 24.0 Å². The number of carboxylic acid groups (broad SMARTS) is 1. The molecule has 6 nitrogen and oxygen atoms in total. The Hall–Kier alpha value is -1.81. The maximum Gasteiger partial charge on any atom is 0.387 e. The number of nitrogens with one attached hydrogen (secondary N) is 1. The van der Waals surface area contributed by atoms with E-state index in [1.807, 2.05) is 0 Å². The molecule has 0 spiro atoms. The van der Waals surface area contributed by atoms with Gasteiger partial charge in [0.15, 0.2) is 11.6 Å². The Labute approximate surface area is 123 Å². The monoisotopic (exact) mass is 339 g/mol. The highest BCUT2D eigenvalue weighted by Gasteiger charge is 2.43. The molecule has 2 N–H and O–H groups in total. The maximum atomic E-state index is 13.2. The topological polar surface area (TPSA) is 92.7 Å². The summed E-state index contributed by atoms with van der Waals surface area (Å²) >= 11 is 0. The zero-order chi connectivity index (χ0) is 16.5. The summed E-state index contributed by atoms with van der Waals surface area (Å²) in [6.45, 7) is -3.38. The summed E-state index contributed by atoms with van der Waals surface area (Å²) in [7, 11) is -4.07. The summed E-state index contributed by atoms with van der Waals surface area (Å²) in [6.07, 6.45) is 0.362. The van der Waals surface area contributed by atoms with Crippen LogP contribution in [0.3, 0.4) is 0 Å². The molecule has 0 bridgehead atoms. The van der Waals surface area contributed by atoms with E-state index in [1.165, 1.54) is 0 Å². The van der Waals surface area contributed by atoms with Crippen LogP contribution in [0.4, 0.5) is 13.2 Å². The summed E-state index contributed by atoms with van der Waals surface area (Å²) in [5.41, 5.74) is 0. The number of carboxylic acids is 1. The second-order valence-corrected chi connectivity index (χ2v) is 6.53. The van der Waals surface area contributed by atoms with Gasteiger partial charge >= 0.3 is 12.6 Å². The van der Waals surface area contributed by atoms with E-state index in [0.29, 0.717) is 18.6 Å². The van der Waals surface area contributed by atoms with Gasteiger partial charge in [0.25, 0.3) is 0 Å². The second kappa shape index (κ2) is 6.13. The van der Waals surface area contributed by atoms with Gasteiger partial charge in [-0.1, -0.05) is 0 Å². The largest absolute Gasteiger partial charge is 0.481 e. The van der Waals surface area contributed by atoms with Crippen molar-refractivity contribution in [1.29, 1.82) is 0 Å². The van der Waals surface area contributed by atoms with E-state index in [-0.39, 0.29) is 12.5 Å². The predicted molar refractivity (Wildman–Crippen MR) is 67.5 cm³/mol. The minimum atomic E-state index is -4.07. The number of hydrogen-bond acceptors (Lipinski definition) is 4. The molecule has 2 rings (SSSR count). The van der Waals surface area contributed by atoms with Gasteiger partial charge in [0, 0.05) is 12.6 Å². The summed E-state index contributed by atoms with van der Waals surface area (Å²) < 4.78 is 67.4. The van der Waals surface area contributed by atoms with Crippen LogP contribution < -0.4 is 9.46 Å². The lowest BCUT2D eigenvalue weighted by Crippen LogP contribution is -2.27. The molecule has 0 amide bonds. The number of aliphatic carboxylic acids is 1. The van der Waals surface area contributed by atoms with Gasteiger partial charge in [0.2, 0.25) is 10.0 Å². The van der Waals surface area contributed by atoms with Crippen LogP contribution in [0.2, 0.25) is 0 Å². The Kier molecular flexibility index (Phi) is 4.61. The molecular weight excluding hydrogens is 327 g/mol. The SMILES string of the molecule is O=C(O)[C@@H]1C[C@@H]1CNS(=O)(=O)c1ccc(F)c(OC(F)F)c1. The van der Waals surface area contributed by atoms with Crippen molar-refractivity contribution in [2.45, 2.75) is 17.9 Å². The van der Waals surface area contributed by atoms with Crippen molar-refractivity contribution >= 4 is 16.0 Å². The lowest BCUT2D eigenvalue weighted by molar-refractivity contribution is -0.138. The fraction of sp³-hybridized carbons (Fsp3) is 0.417.